The fourth-order valence-corrected chi connectivity index (χ4v) is 1.87. The van der Waals surface area contributed by atoms with Crippen LogP contribution < -0.4 is 0 Å². The van der Waals surface area contributed by atoms with Gasteiger partial charge in [0.1, 0.15) is 11.4 Å². The smallest absolute Gasteiger partial charge is 0.181 e. The molecule has 0 radical (unpaired) electrons. The van der Waals surface area contributed by atoms with Crippen molar-refractivity contribution in [1.29, 1.82) is 0 Å². The van der Waals surface area contributed by atoms with Gasteiger partial charge in [-0.05, 0) is 51.0 Å². The number of aliphatic hydroxyl groups is 1. The molecule has 0 amide bonds. The van der Waals surface area contributed by atoms with E-state index in [1.807, 2.05) is 24.3 Å². The van der Waals surface area contributed by atoms with Crippen molar-refractivity contribution in [3.63, 3.8) is 0 Å². The lowest BCUT2D eigenvalue weighted by molar-refractivity contribution is 0.143. The molecule has 1 aromatic carbocycles. The number of nitrogens with zero attached hydrogens (tertiary/aromatic N) is 2. The molecule has 0 spiro atoms. The number of rotatable bonds is 2. The quantitative estimate of drug-likeness (QED) is 0.822. The third kappa shape index (κ3) is 3.06. The molecule has 4 nitrogen and oxygen atoms in total. The van der Waals surface area contributed by atoms with Crippen LogP contribution in [0.1, 0.15) is 44.0 Å². The number of aromatic amines is 1. The molecule has 102 valence electrons. The van der Waals surface area contributed by atoms with Crippen molar-refractivity contribution in [2.24, 2.45) is 0 Å². The van der Waals surface area contributed by atoms with E-state index in [-0.39, 0.29) is 0 Å². The lowest BCUT2D eigenvalue weighted by atomic mass is 10.1. The van der Waals surface area contributed by atoms with Gasteiger partial charge in [-0.15, -0.1) is 0 Å². The number of hydrogen-bond donors (Lipinski definition) is 2. The predicted octanol–water partition coefficient (Wildman–Crippen LogP) is 2.47. The zero-order valence-corrected chi connectivity index (χ0v) is 11.6. The van der Waals surface area contributed by atoms with Crippen LogP contribution in [0.25, 0.3) is 11.4 Å². The molecule has 0 unspecified atom stereocenters. The number of nitrogens with one attached hydrogen (secondary N) is 1. The van der Waals surface area contributed by atoms with Gasteiger partial charge >= 0.3 is 0 Å². The molecule has 1 aliphatic rings. The predicted molar refractivity (Wildman–Crippen MR) is 77.0 cm³/mol. The SMILES string of the molecule is CC(C)(O)C#Cc1ccc(-c2n[nH]c(C3CC3)n2)cc1. The van der Waals surface area contributed by atoms with E-state index in [1.165, 1.54) is 12.8 Å². The van der Waals surface area contributed by atoms with Crippen molar-refractivity contribution in [1.82, 2.24) is 15.2 Å². The second kappa shape index (κ2) is 4.77. The van der Waals surface area contributed by atoms with Crippen LogP contribution >= 0.6 is 0 Å². The van der Waals surface area contributed by atoms with E-state index in [0.29, 0.717) is 5.92 Å². The molecule has 0 bridgehead atoms. The third-order valence-corrected chi connectivity index (χ3v) is 3.12. The summed E-state index contributed by atoms with van der Waals surface area (Å²) in [5, 5.41) is 16.8. The van der Waals surface area contributed by atoms with Gasteiger partial charge in [0.05, 0.1) is 0 Å². The number of H-pyrrole nitrogens is 1. The van der Waals surface area contributed by atoms with Crippen LogP contribution in [-0.2, 0) is 0 Å². The van der Waals surface area contributed by atoms with Crippen molar-refractivity contribution >= 4 is 0 Å². The fourth-order valence-electron chi connectivity index (χ4n) is 1.87. The highest BCUT2D eigenvalue weighted by Gasteiger charge is 2.27. The Labute approximate surface area is 118 Å². The van der Waals surface area contributed by atoms with Gasteiger partial charge in [-0.2, -0.15) is 5.10 Å². The molecule has 2 N–H and O–H groups in total. The van der Waals surface area contributed by atoms with E-state index >= 15 is 0 Å². The first kappa shape index (κ1) is 12.9. The summed E-state index contributed by atoms with van der Waals surface area (Å²) in [5.74, 6) is 8.04. The van der Waals surface area contributed by atoms with Crippen LogP contribution in [0.15, 0.2) is 24.3 Å². The Morgan fingerprint density at radius 1 is 1.25 bits per heavy atom. The molecule has 1 fully saturated rings. The zero-order chi connectivity index (χ0) is 14.2. The van der Waals surface area contributed by atoms with E-state index < -0.39 is 5.60 Å². The standard InChI is InChI=1S/C16H17N3O/c1-16(2,20)10-9-11-3-5-12(6-4-11)14-17-15(19-18-14)13-7-8-13/h3-6,13,20H,7-8H2,1-2H3,(H,17,18,19). The van der Waals surface area contributed by atoms with Gasteiger partial charge in [0, 0.05) is 17.0 Å². The van der Waals surface area contributed by atoms with Crippen LogP contribution in [0.3, 0.4) is 0 Å². The molecular formula is C16H17N3O. The molecule has 3 rings (SSSR count). The monoisotopic (exact) mass is 267 g/mol. The van der Waals surface area contributed by atoms with Crippen molar-refractivity contribution in [2.45, 2.75) is 38.2 Å². The van der Waals surface area contributed by atoms with Crippen LogP contribution in [0.4, 0.5) is 0 Å². The Balaban J connectivity index is 1.79. The molecule has 1 aliphatic carbocycles. The van der Waals surface area contributed by atoms with Gasteiger partial charge in [0.15, 0.2) is 5.82 Å². The third-order valence-electron chi connectivity index (χ3n) is 3.12. The minimum Gasteiger partial charge on any atom is -0.378 e. The Kier molecular flexibility index (Phi) is 3.07. The van der Waals surface area contributed by atoms with Gasteiger partial charge in [0.25, 0.3) is 0 Å². The molecular weight excluding hydrogens is 250 g/mol. The molecule has 0 aliphatic heterocycles. The number of hydrogen-bond acceptors (Lipinski definition) is 3. The second-order valence-corrected chi connectivity index (χ2v) is 5.70. The molecule has 20 heavy (non-hydrogen) atoms. The second-order valence-electron chi connectivity index (χ2n) is 5.70. The number of aromatic nitrogens is 3. The maximum absolute atomic E-state index is 9.57. The summed E-state index contributed by atoms with van der Waals surface area (Å²) in [7, 11) is 0. The lowest BCUT2D eigenvalue weighted by Crippen LogP contribution is -2.14. The summed E-state index contributed by atoms with van der Waals surface area (Å²) < 4.78 is 0. The summed E-state index contributed by atoms with van der Waals surface area (Å²) in [6, 6.07) is 7.74. The molecule has 1 aromatic heterocycles. The summed E-state index contributed by atoms with van der Waals surface area (Å²) in [6.07, 6.45) is 2.42. The first-order valence-corrected chi connectivity index (χ1v) is 6.79. The van der Waals surface area contributed by atoms with Gasteiger partial charge < -0.3 is 5.11 Å². The van der Waals surface area contributed by atoms with Crippen molar-refractivity contribution in [2.75, 3.05) is 0 Å². The van der Waals surface area contributed by atoms with E-state index in [0.717, 1.165) is 22.8 Å². The molecule has 4 heteroatoms. The van der Waals surface area contributed by atoms with Crippen LogP contribution in [0.2, 0.25) is 0 Å². The van der Waals surface area contributed by atoms with Gasteiger partial charge in [-0.1, -0.05) is 11.8 Å². The highest BCUT2D eigenvalue weighted by molar-refractivity contribution is 5.56. The van der Waals surface area contributed by atoms with Crippen LogP contribution in [0, 0.1) is 11.8 Å². The molecule has 2 aromatic rings. The first-order chi connectivity index (χ1) is 9.51. The Bertz CT molecular complexity index is 664. The maximum atomic E-state index is 9.57. The van der Waals surface area contributed by atoms with Crippen molar-refractivity contribution in [3.8, 4) is 23.2 Å². The molecule has 1 saturated carbocycles. The molecule has 0 saturated heterocycles. The first-order valence-electron chi connectivity index (χ1n) is 6.79. The molecule has 1 heterocycles. The summed E-state index contributed by atoms with van der Waals surface area (Å²) >= 11 is 0. The summed E-state index contributed by atoms with van der Waals surface area (Å²) in [4.78, 5) is 4.51. The summed E-state index contributed by atoms with van der Waals surface area (Å²) in [6.45, 7) is 3.34. The van der Waals surface area contributed by atoms with Gasteiger partial charge in [-0.25, -0.2) is 4.98 Å². The fraction of sp³-hybridized carbons (Fsp3) is 0.375. The van der Waals surface area contributed by atoms with Gasteiger partial charge in [-0.3, -0.25) is 5.10 Å². The Morgan fingerprint density at radius 3 is 2.55 bits per heavy atom. The van der Waals surface area contributed by atoms with E-state index in [9.17, 15) is 5.11 Å². The normalized spacial score (nSPS) is 14.8. The average Bonchev–Trinajstić information content (AvgIpc) is 3.14. The minimum atomic E-state index is -0.971. The molecule has 0 atom stereocenters. The number of benzene rings is 1. The lowest BCUT2D eigenvalue weighted by Gasteiger charge is -2.05. The van der Waals surface area contributed by atoms with Crippen LogP contribution in [0.5, 0.6) is 0 Å². The highest BCUT2D eigenvalue weighted by atomic mass is 16.3. The van der Waals surface area contributed by atoms with E-state index in [1.54, 1.807) is 13.8 Å². The maximum Gasteiger partial charge on any atom is 0.181 e. The topological polar surface area (TPSA) is 61.8 Å². The summed E-state index contributed by atoms with van der Waals surface area (Å²) in [5.41, 5.74) is 0.873. The Morgan fingerprint density at radius 2 is 1.95 bits per heavy atom. The van der Waals surface area contributed by atoms with E-state index in [4.69, 9.17) is 0 Å². The highest BCUT2D eigenvalue weighted by Crippen LogP contribution is 2.38. The van der Waals surface area contributed by atoms with Crippen molar-refractivity contribution in [3.05, 3.63) is 35.7 Å². The average molecular weight is 267 g/mol. The largest absolute Gasteiger partial charge is 0.378 e. The zero-order valence-electron chi connectivity index (χ0n) is 11.6. The van der Waals surface area contributed by atoms with Gasteiger partial charge in [0.2, 0.25) is 0 Å². The van der Waals surface area contributed by atoms with Crippen LogP contribution in [-0.4, -0.2) is 25.9 Å². The van der Waals surface area contributed by atoms with E-state index in [2.05, 4.69) is 27.0 Å². The Hall–Kier alpha value is -2.12. The minimum absolute atomic E-state index is 0.577. The van der Waals surface area contributed by atoms with Crippen molar-refractivity contribution < 1.29 is 5.11 Å².